The molecule has 1 saturated heterocycles. The smallest absolute Gasteiger partial charge is 0.0684 e. The van der Waals surface area contributed by atoms with Gasteiger partial charge in [0, 0.05) is 41.8 Å². The lowest BCUT2D eigenvalue weighted by Gasteiger charge is -2.26. The molecule has 0 radical (unpaired) electrons. The van der Waals surface area contributed by atoms with Crippen LogP contribution in [0.3, 0.4) is 0 Å². The number of nitrogen functional groups attached to an aromatic ring is 1. The molecule has 3 heterocycles. The second-order valence-corrected chi connectivity index (χ2v) is 8.21. The van der Waals surface area contributed by atoms with Crippen molar-refractivity contribution in [1.82, 2.24) is 15.2 Å². The maximum Gasteiger partial charge on any atom is 0.0684 e. The predicted molar refractivity (Wildman–Crippen MR) is 113 cm³/mol. The zero-order valence-electron chi connectivity index (χ0n) is 15.4. The van der Waals surface area contributed by atoms with Crippen LogP contribution < -0.4 is 11.1 Å². The SMILES string of the molecule is Nc1cc(-c2cc3cc(CN4CCCCC4)ccc3[nH]2)c2c(c1Cl)CNC2. The van der Waals surface area contributed by atoms with Gasteiger partial charge in [0.1, 0.15) is 0 Å². The van der Waals surface area contributed by atoms with Crippen molar-refractivity contribution in [1.29, 1.82) is 0 Å². The largest absolute Gasteiger partial charge is 0.397 e. The van der Waals surface area contributed by atoms with Crippen molar-refractivity contribution >= 4 is 28.2 Å². The number of anilines is 1. The lowest BCUT2D eigenvalue weighted by molar-refractivity contribution is 0.221. The number of H-pyrrole nitrogens is 1. The number of hydrogen-bond acceptors (Lipinski definition) is 3. The standard InChI is InChI=1S/C22H25ClN4/c23-22-18-12-25-11-17(18)16(10-19(22)24)21-9-15-8-14(4-5-20(15)26-21)13-27-6-2-1-3-7-27/h4-5,8-10,25-26H,1-3,6-7,11-13,24H2. The first-order valence-electron chi connectivity index (χ1n) is 9.84. The van der Waals surface area contributed by atoms with E-state index in [1.54, 1.807) is 0 Å². The molecule has 140 valence electrons. The van der Waals surface area contributed by atoms with Crippen molar-refractivity contribution in [3.8, 4) is 11.3 Å². The number of aromatic amines is 1. The minimum Gasteiger partial charge on any atom is -0.397 e. The van der Waals surface area contributed by atoms with Crippen LogP contribution in [0.4, 0.5) is 5.69 Å². The summed E-state index contributed by atoms with van der Waals surface area (Å²) in [5, 5.41) is 5.35. The fourth-order valence-electron chi connectivity index (χ4n) is 4.52. The van der Waals surface area contributed by atoms with Crippen LogP contribution in [0, 0.1) is 0 Å². The lowest BCUT2D eigenvalue weighted by atomic mass is 9.99. The highest BCUT2D eigenvalue weighted by Crippen LogP contribution is 2.38. The first-order valence-corrected chi connectivity index (χ1v) is 10.2. The fourth-order valence-corrected chi connectivity index (χ4v) is 4.75. The van der Waals surface area contributed by atoms with Gasteiger partial charge in [-0.15, -0.1) is 0 Å². The Labute approximate surface area is 164 Å². The first kappa shape index (κ1) is 17.1. The summed E-state index contributed by atoms with van der Waals surface area (Å²) in [5.41, 5.74) is 14.0. The number of benzene rings is 2. The minimum absolute atomic E-state index is 0.651. The summed E-state index contributed by atoms with van der Waals surface area (Å²) in [6.45, 7) is 5.11. The molecule has 4 N–H and O–H groups in total. The molecule has 0 bridgehead atoms. The van der Waals surface area contributed by atoms with Gasteiger partial charge in [-0.25, -0.2) is 0 Å². The molecule has 5 heteroatoms. The van der Waals surface area contributed by atoms with Crippen LogP contribution in [0.1, 0.15) is 36.0 Å². The lowest BCUT2D eigenvalue weighted by Crippen LogP contribution is -2.28. The van der Waals surface area contributed by atoms with Crippen molar-refractivity contribution in [2.24, 2.45) is 0 Å². The van der Waals surface area contributed by atoms with E-state index in [-0.39, 0.29) is 0 Å². The first-order chi connectivity index (χ1) is 13.2. The number of aromatic nitrogens is 1. The number of fused-ring (bicyclic) bond motifs is 2. The second-order valence-electron chi connectivity index (χ2n) is 7.83. The van der Waals surface area contributed by atoms with Crippen molar-refractivity contribution in [2.45, 2.75) is 38.9 Å². The molecule has 0 amide bonds. The second kappa shape index (κ2) is 6.86. The van der Waals surface area contributed by atoms with Crippen molar-refractivity contribution in [3.63, 3.8) is 0 Å². The molecule has 0 spiro atoms. The van der Waals surface area contributed by atoms with Gasteiger partial charge >= 0.3 is 0 Å². The third kappa shape index (κ3) is 3.12. The van der Waals surface area contributed by atoms with Crippen LogP contribution in [-0.2, 0) is 19.6 Å². The molecule has 5 rings (SSSR count). The molecule has 2 aromatic carbocycles. The third-order valence-electron chi connectivity index (χ3n) is 5.94. The summed E-state index contributed by atoms with van der Waals surface area (Å²) >= 11 is 6.41. The number of nitrogens with two attached hydrogens (primary N) is 1. The highest BCUT2D eigenvalue weighted by atomic mass is 35.5. The topological polar surface area (TPSA) is 57.1 Å². The molecular weight excluding hydrogens is 356 g/mol. The molecule has 2 aliphatic heterocycles. The fraction of sp³-hybridized carbons (Fsp3) is 0.364. The van der Waals surface area contributed by atoms with Gasteiger partial charge in [0.05, 0.1) is 10.7 Å². The number of nitrogens with zero attached hydrogens (tertiary/aromatic N) is 1. The quantitative estimate of drug-likeness (QED) is 0.579. The number of likely N-dealkylation sites (tertiary alicyclic amines) is 1. The van der Waals surface area contributed by atoms with Crippen LogP contribution in [0.25, 0.3) is 22.2 Å². The minimum atomic E-state index is 0.651. The summed E-state index contributed by atoms with van der Waals surface area (Å²) in [4.78, 5) is 6.15. The van der Waals surface area contributed by atoms with Gasteiger partial charge in [-0.2, -0.15) is 0 Å². The van der Waals surface area contributed by atoms with Crippen LogP contribution in [0.5, 0.6) is 0 Å². The summed E-state index contributed by atoms with van der Waals surface area (Å²) < 4.78 is 0. The normalized spacial score (nSPS) is 17.5. The Balaban J connectivity index is 1.50. The van der Waals surface area contributed by atoms with Gasteiger partial charge in [0.25, 0.3) is 0 Å². The molecule has 2 aliphatic rings. The number of halogens is 1. The Morgan fingerprint density at radius 3 is 2.67 bits per heavy atom. The molecule has 0 aliphatic carbocycles. The molecule has 1 aromatic heterocycles. The third-order valence-corrected chi connectivity index (χ3v) is 6.39. The van der Waals surface area contributed by atoms with Crippen molar-refractivity contribution in [3.05, 3.63) is 52.0 Å². The van der Waals surface area contributed by atoms with Crippen molar-refractivity contribution in [2.75, 3.05) is 18.8 Å². The number of piperidine rings is 1. The monoisotopic (exact) mass is 380 g/mol. The maximum absolute atomic E-state index is 6.41. The number of hydrogen-bond donors (Lipinski definition) is 3. The van der Waals surface area contributed by atoms with E-state index in [1.807, 2.05) is 6.07 Å². The summed E-state index contributed by atoms with van der Waals surface area (Å²) in [7, 11) is 0. The highest BCUT2D eigenvalue weighted by molar-refractivity contribution is 6.34. The molecule has 0 saturated carbocycles. The van der Waals surface area contributed by atoms with Gasteiger partial charge < -0.3 is 16.0 Å². The van der Waals surface area contributed by atoms with Gasteiger partial charge in [-0.1, -0.05) is 24.1 Å². The Hall–Kier alpha value is -2.01. The number of nitrogens with one attached hydrogen (secondary N) is 2. The van der Waals surface area contributed by atoms with E-state index in [0.717, 1.165) is 36.5 Å². The highest BCUT2D eigenvalue weighted by Gasteiger charge is 2.21. The van der Waals surface area contributed by atoms with Crippen LogP contribution in [0.2, 0.25) is 5.02 Å². The van der Waals surface area contributed by atoms with E-state index >= 15 is 0 Å². The predicted octanol–water partition coefficient (Wildman–Crippen LogP) is 4.66. The van der Waals surface area contributed by atoms with E-state index in [4.69, 9.17) is 17.3 Å². The van der Waals surface area contributed by atoms with Gasteiger partial charge in [-0.05, 0) is 66.9 Å². The Bertz CT molecular complexity index is 1000. The molecule has 4 nitrogen and oxygen atoms in total. The molecule has 3 aromatic rings. The Morgan fingerprint density at radius 2 is 1.81 bits per heavy atom. The van der Waals surface area contributed by atoms with Crippen LogP contribution >= 0.6 is 11.6 Å². The van der Waals surface area contributed by atoms with E-state index in [1.165, 1.54) is 54.4 Å². The molecule has 0 unspecified atom stereocenters. The zero-order chi connectivity index (χ0) is 18.4. The molecule has 0 atom stereocenters. The van der Waals surface area contributed by atoms with Gasteiger partial charge in [0.2, 0.25) is 0 Å². The Kier molecular flexibility index (Phi) is 4.35. The van der Waals surface area contributed by atoms with Crippen LogP contribution in [0.15, 0.2) is 30.3 Å². The van der Waals surface area contributed by atoms with Gasteiger partial charge in [-0.3, -0.25) is 4.90 Å². The zero-order valence-corrected chi connectivity index (χ0v) is 16.2. The average Bonchev–Trinajstić information content (AvgIpc) is 3.32. The number of rotatable bonds is 3. The van der Waals surface area contributed by atoms with E-state index in [0.29, 0.717) is 10.7 Å². The van der Waals surface area contributed by atoms with E-state index in [2.05, 4.69) is 39.5 Å². The summed E-state index contributed by atoms with van der Waals surface area (Å²) in [6, 6.07) is 11.0. The van der Waals surface area contributed by atoms with Crippen LogP contribution in [-0.4, -0.2) is 23.0 Å². The Morgan fingerprint density at radius 1 is 1.00 bits per heavy atom. The summed E-state index contributed by atoms with van der Waals surface area (Å²) in [5.74, 6) is 0. The average molecular weight is 381 g/mol. The van der Waals surface area contributed by atoms with Crippen molar-refractivity contribution < 1.29 is 0 Å². The van der Waals surface area contributed by atoms with E-state index < -0.39 is 0 Å². The van der Waals surface area contributed by atoms with Gasteiger partial charge in [0.15, 0.2) is 0 Å². The molecular formula is C22H25ClN4. The maximum atomic E-state index is 6.41. The molecule has 27 heavy (non-hydrogen) atoms. The van der Waals surface area contributed by atoms with E-state index in [9.17, 15) is 0 Å². The summed E-state index contributed by atoms with van der Waals surface area (Å²) in [6.07, 6.45) is 4.03. The molecule has 1 fully saturated rings.